The predicted octanol–water partition coefficient (Wildman–Crippen LogP) is -0.0260. The number of hydrogen-bond acceptors (Lipinski definition) is 6. The Labute approximate surface area is 87.3 Å². The molecule has 0 aliphatic rings. The van der Waals surface area contributed by atoms with E-state index in [1.807, 2.05) is 0 Å². The molecule has 1 rings (SSSR count). The van der Waals surface area contributed by atoms with Gasteiger partial charge in [0.25, 0.3) is 0 Å². The Morgan fingerprint density at radius 3 is 2.57 bits per heavy atom. The molecule has 0 aliphatic heterocycles. The largest absolute Gasteiger partial charge is 0.330 e. The van der Waals surface area contributed by atoms with Gasteiger partial charge in [0, 0.05) is 12.7 Å². The second kappa shape index (κ2) is 4.81. The van der Waals surface area contributed by atoms with Crippen LogP contribution in [0.5, 0.6) is 0 Å². The Bertz CT molecular complexity index is 385. The number of nitrogens with zero attached hydrogens (tertiary/aromatic N) is 2. The van der Waals surface area contributed by atoms with E-state index in [2.05, 4.69) is 10.2 Å². The lowest BCUT2D eigenvalue weighted by atomic mass is 10.3. The van der Waals surface area contributed by atoms with Gasteiger partial charge in [0.05, 0.1) is 0 Å². The molecular weight excluding hydrogens is 222 g/mol. The second-order valence-electron chi connectivity index (χ2n) is 3.05. The summed E-state index contributed by atoms with van der Waals surface area (Å²) in [5.41, 5.74) is 5.35. The van der Waals surface area contributed by atoms with Crippen molar-refractivity contribution in [1.29, 1.82) is 0 Å². The summed E-state index contributed by atoms with van der Waals surface area (Å²) in [6.07, 6.45) is 2.82. The average Bonchev–Trinajstić information content (AvgIpc) is 2.46. The van der Waals surface area contributed by atoms with Gasteiger partial charge in [-0.25, -0.2) is 8.42 Å². The maximum Gasteiger partial charge on any atom is 0.154 e. The first-order valence-electron chi connectivity index (χ1n) is 4.20. The maximum absolute atomic E-state index is 10.9. The number of aryl methyl sites for hydroxylation is 1. The van der Waals surface area contributed by atoms with Crippen LogP contribution in [0.2, 0.25) is 0 Å². The van der Waals surface area contributed by atoms with E-state index in [9.17, 15) is 8.42 Å². The number of sulfone groups is 1. The van der Waals surface area contributed by atoms with Crippen molar-refractivity contribution >= 4 is 21.2 Å². The fraction of sp³-hybridized carbons (Fsp3) is 0.714. The molecule has 0 spiro atoms. The van der Waals surface area contributed by atoms with E-state index < -0.39 is 9.84 Å². The molecule has 7 heteroatoms. The highest BCUT2D eigenvalue weighted by atomic mass is 32.2. The van der Waals surface area contributed by atoms with E-state index in [1.54, 1.807) is 0 Å². The smallest absolute Gasteiger partial charge is 0.154 e. The number of aromatic nitrogens is 2. The van der Waals surface area contributed by atoms with Crippen LogP contribution in [-0.4, -0.2) is 31.4 Å². The number of hydrogen-bond donors (Lipinski definition) is 1. The normalized spacial score (nSPS) is 11.9. The summed E-state index contributed by atoms with van der Waals surface area (Å²) in [4.78, 5) is 0. The Morgan fingerprint density at radius 2 is 2.00 bits per heavy atom. The van der Waals surface area contributed by atoms with Crippen LogP contribution in [0, 0.1) is 0 Å². The zero-order chi connectivity index (χ0) is 10.6. The molecule has 0 saturated heterocycles. The molecule has 0 aromatic carbocycles. The highest BCUT2D eigenvalue weighted by molar-refractivity contribution is 7.90. The zero-order valence-corrected chi connectivity index (χ0v) is 9.57. The molecule has 1 aromatic heterocycles. The molecule has 2 N–H and O–H groups in total. The van der Waals surface area contributed by atoms with E-state index in [4.69, 9.17) is 5.73 Å². The van der Waals surface area contributed by atoms with Crippen molar-refractivity contribution in [3.05, 3.63) is 10.0 Å². The third kappa shape index (κ3) is 4.12. The highest BCUT2D eigenvalue weighted by Gasteiger charge is 2.09. The molecule has 0 unspecified atom stereocenters. The monoisotopic (exact) mass is 235 g/mol. The standard InChI is InChI=1S/C7H13N3O2S2/c1-14(11,12)5-7-10-9-6(13-7)3-2-4-8/h2-5,8H2,1H3. The van der Waals surface area contributed by atoms with Gasteiger partial charge >= 0.3 is 0 Å². The Hall–Kier alpha value is -0.530. The predicted molar refractivity (Wildman–Crippen MR) is 55.8 cm³/mol. The first kappa shape index (κ1) is 11.5. The third-order valence-corrected chi connectivity index (χ3v) is 3.45. The molecule has 0 radical (unpaired) electrons. The summed E-state index contributed by atoms with van der Waals surface area (Å²) in [7, 11) is -3.00. The Kier molecular flexibility index (Phi) is 3.97. The topological polar surface area (TPSA) is 85.9 Å². The molecular formula is C7H13N3O2S2. The zero-order valence-electron chi connectivity index (χ0n) is 7.93. The quantitative estimate of drug-likeness (QED) is 0.774. The van der Waals surface area contributed by atoms with Crippen LogP contribution in [0.25, 0.3) is 0 Å². The molecule has 5 nitrogen and oxygen atoms in total. The first-order chi connectivity index (χ1) is 6.51. The Balaban J connectivity index is 2.59. The minimum Gasteiger partial charge on any atom is -0.330 e. The van der Waals surface area contributed by atoms with Gasteiger partial charge in [0.15, 0.2) is 9.84 Å². The van der Waals surface area contributed by atoms with Crippen molar-refractivity contribution in [3.63, 3.8) is 0 Å². The summed E-state index contributed by atoms with van der Waals surface area (Å²) in [6, 6.07) is 0. The van der Waals surface area contributed by atoms with Crippen LogP contribution >= 0.6 is 11.3 Å². The third-order valence-electron chi connectivity index (χ3n) is 1.49. The maximum atomic E-state index is 10.9. The minimum absolute atomic E-state index is 0.0205. The fourth-order valence-electron chi connectivity index (χ4n) is 0.925. The lowest BCUT2D eigenvalue weighted by Crippen LogP contribution is -1.99. The van der Waals surface area contributed by atoms with Gasteiger partial charge in [0.1, 0.15) is 15.8 Å². The van der Waals surface area contributed by atoms with E-state index in [0.29, 0.717) is 11.6 Å². The van der Waals surface area contributed by atoms with Gasteiger partial charge in [-0.3, -0.25) is 0 Å². The van der Waals surface area contributed by atoms with Gasteiger partial charge in [-0.15, -0.1) is 21.5 Å². The summed E-state index contributed by atoms with van der Waals surface area (Å²) in [5.74, 6) is -0.0205. The minimum atomic E-state index is -3.00. The molecule has 80 valence electrons. The van der Waals surface area contributed by atoms with Crippen LogP contribution in [0.1, 0.15) is 16.4 Å². The second-order valence-corrected chi connectivity index (χ2v) is 6.34. The van der Waals surface area contributed by atoms with Crippen LogP contribution in [0.4, 0.5) is 0 Å². The van der Waals surface area contributed by atoms with Gasteiger partial charge in [-0.05, 0) is 13.0 Å². The van der Waals surface area contributed by atoms with E-state index in [1.165, 1.54) is 17.6 Å². The van der Waals surface area contributed by atoms with E-state index >= 15 is 0 Å². The van der Waals surface area contributed by atoms with Crippen LogP contribution in [0.15, 0.2) is 0 Å². The van der Waals surface area contributed by atoms with Gasteiger partial charge in [0.2, 0.25) is 0 Å². The van der Waals surface area contributed by atoms with E-state index in [0.717, 1.165) is 17.8 Å². The van der Waals surface area contributed by atoms with Gasteiger partial charge < -0.3 is 5.73 Å². The molecule has 0 bridgehead atoms. The summed E-state index contributed by atoms with van der Waals surface area (Å²) < 4.78 is 21.9. The number of nitrogens with two attached hydrogens (primary N) is 1. The SMILES string of the molecule is CS(=O)(=O)Cc1nnc(CCCN)s1. The summed E-state index contributed by atoms with van der Waals surface area (Å²) in [6.45, 7) is 0.612. The van der Waals surface area contributed by atoms with Crippen LogP contribution < -0.4 is 5.73 Å². The summed E-state index contributed by atoms with van der Waals surface area (Å²) in [5, 5.41) is 9.10. The number of rotatable bonds is 5. The van der Waals surface area contributed by atoms with Crippen LogP contribution in [-0.2, 0) is 22.0 Å². The molecule has 1 heterocycles. The van der Waals surface area contributed by atoms with Crippen molar-refractivity contribution in [1.82, 2.24) is 10.2 Å². The van der Waals surface area contributed by atoms with Crippen molar-refractivity contribution in [2.45, 2.75) is 18.6 Å². The van der Waals surface area contributed by atoms with Crippen molar-refractivity contribution in [2.24, 2.45) is 5.73 Å². The van der Waals surface area contributed by atoms with Crippen molar-refractivity contribution in [2.75, 3.05) is 12.8 Å². The lowest BCUT2D eigenvalue weighted by molar-refractivity contribution is 0.600. The molecule has 0 aliphatic carbocycles. The molecule has 0 saturated carbocycles. The molecule has 14 heavy (non-hydrogen) atoms. The molecule has 0 fully saturated rings. The first-order valence-corrected chi connectivity index (χ1v) is 7.08. The molecule has 0 amide bonds. The van der Waals surface area contributed by atoms with Crippen LogP contribution in [0.3, 0.4) is 0 Å². The van der Waals surface area contributed by atoms with E-state index in [-0.39, 0.29) is 5.75 Å². The van der Waals surface area contributed by atoms with Gasteiger partial charge in [-0.1, -0.05) is 0 Å². The fourth-order valence-corrected chi connectivity index (χ4v) is 2.99. The van der Waals surface area contributed by atoms with Crippen molar-refractivity contribution < 1.29 is 8.42 Å². The van der Waals surface area contributed by atoms with Crippen molar-refractivity contribution in [3.8, 4) is 0 Å². The highest BCUT2D eigenvalue weighted by Crippen LogP contribution is 2.13. The molecule has 0 atom stereocenters. The average molecular weight is 235 g/mol. The summed E-state index contributed by atoms with van der Waals surface area (Å²) >= 11 is 1.34. The van der Waals surface area contributed by atoms with Gasteiger partial charge in [-0.2, -0.15) is 0 Å². The molecule has 1 aromatic rings. The Morgan fingerprint density at radius 1 is 1.36 bits per heavy atom. The lowest BCUT2D eigenvalue weighted by Gasteiger charge is -1.90.